The molecule has 2 aromatic heterocycles. The number of fused-ring (bicyclic) bond motifs is 1. The summed E-state index contributed by atoms with van der Waals surface area (Å²) in [6.07, 6.45) is 7.78. The van der Waals surface area contributed by atoms with Crippen molar-refractivity contribution in [2.24, 2.45) is 7.05 Å². The van der Waals surface area contributed by atoms with Crippen LogP contribution in [0.3, 0.4) is 0 Å². The van der Waals surface area contributed by atoms with E-state index in [-0.39, 0.29) is 0 Å². The number of rotatable bonds is 5. The molecule has 1 N–H and O–H groups in total. The minimum absolute atomic E-state index is 0.530. The molecule has 0 saturated heterocycles. The van der Waals surface area contributed by atoms with Crippen LogP contribution in [0.25, 0.3) is 11.2 Å². The van der Waals surface area contributed by atoms with Gasteiger partial charge in [0.1, 0.15) is 6.33 Å². The first-order valence-corrected chi connectivity index (χ1v) is 7.85. The van der Waals surface area contributed by atoms with Crippen LogP contribution in [0.1, 0.15) is 39.0 Å². The van der Waals surface area contributed by atoms with E-state index in [1.807, 2.05) is 11.6 Å². The van der Waals surface area contributed by atoms with E-state index in [9.17, 15) is 0 Å². The van der Waals surface area contributed by atoms with Gasteiger partial charge in [0.2, 0.25) is 5.95 Å². The monoisotopic (exact) mass is 288 g/mol. The van der Waals surface area contributed by atoms with Gasteiger partial charge >= 0.3 is 0 Å². The Morgan fingerprint density at radius 2 is 2.10 bits per heavy atom. The van der Waals surface area contributed by atoms with Gasteiger partial charge in [-0.15, -0.1) is 0 Å². The molecule has 0 spiro atoms. The fourth-order valence-electron chi connectivity index (χ4n) is 3.13. The lowest BCUT2D eigenvalue weighted by Crippen LogP contribution is -2.21. The first-order chi connectivity index (χ1) is 10.2. The molecule has 6 nitrogen and oxygen atoms in total. The second kappa shape index (κ2) is 5.87. The lowest BCUT2D eigenvalue weighted by Gasteiger charge is -2.16. The van der Waals surface area contributed by atoms with Crippen LogP contribution < -0.4 is 10.2 Å². The highest BCUT2D eigenvalue weighted by molar-refractivity contribution is 5.85. The number of imidazole rings is 1. The van der Waals surface area contributed by atoms with E-state index in [1.165, 1.54) is 25.7 Å². The summed E-state index contributed by atoms with van der Waals surface area (Å²) in [5.41, 5.74) is 1.77. The summed E-state index contributed by atoms with van der Waals surface area (Å²) in [6.45, 7) is 3.15. The van der Waals surface area contributed by atoms with Gasteiger partial charge in [-0.1, -0.05) is 19.8 Å². The second-order valence-electron chi connectivity index (χ2n) is 5.91. The minimum Gasteiger partial charge on any atom is -0.365 e. The summed E-state index contributed by atoms with van der Waals surface area (Å²) < 4.78 is 2.05. The predicted molar refractivity (Wildman–Crippen MR) is 85.7 cm³/mol. The zero-order valence-electron chi connectivity index (χ0n) is 13.1. The van der Waals surface area contributed by atoms with E-state index in [1.54, 1.807) is 6.33 Å². The van der Waals surface area contributed by atoms with Crippen molar-refractivity contribution in [2.45, 2.75) is 45.1 Å². The third-order valence-corrected chi connectivity index (χ3v) is 4.23. The largest absolute Gasteiger partial charge is 0.365 e. The molecule has 6 heteroatoms. The molecule has 114 valence electrons. The summed E-state index contributed by atoms with van der Waals surface area (Å²) in [5, 5.41) is 3.55. The third kappa shape index (κ3) is 2.66. The van der Waals surface area contributed by atoms with E-state index < -0.39 is 0 Å². The van der Waals surface area contributed by atoms with Crippen LogP contribution in [0.2, 0.25) is 0 Å². The van der Waals surface area contributed by atoms with Crippen LogP contribution >= 0.6 is 0 Å². The number of anilines is 2. The fourth-order valence-corrected chi connectivity index (χ4v) is 3.13. The Hall–Kier alpha value is -1.85. The van der Waals surface area contributed by atoms with Crippen molar-refractivity contribution in [3.63, 3.8) is 0 Å². The Morgan fingerprint density at radius 3 is 2.81 bits per heavy atom. The number of aromatic nitrogens is 4. The molecular weight excluding hydrogens is 264 g/mol. The Labute approximate surface area is 125 Å². The summed E-state index contributed by atoms with van der Waals surface area (Å²) in [6, 6.07) is 0.530. The number of aryl methyl sites for hydroxylation is 1. The summed E-state index contributed by atoms with van der Waals surface area (Å²) in [5.74, 6) is 1.82. The SMILES string of the molecule is CCCN(C)c1nc2c(NC3CCCC3)ncnc2n1C. The maximum Gasteiger partial charge on any atom is 0.207 e. The van der Waals surface area contributed by atoms with E-state index in [2.05, 4.69) is 34.2 Å². The van der Waals surface area contributed by atoms with Gasteiger partial charge in [-0.25, -0.2) is 15.0 Å². The quantitative estimate of drug-likeness (QED) is 0.916. The Balaban J connectivity index is 1.96. The van der Waals surface area contributed by atoms with Crippen molar-refractivity contribution in [3.8, 4) is 0 Å². The van der Waals surface area contributed by atoms with Crippen LogP contribution in [0.5, 0.6) is 0 Å². The maximum atomic E-state index is 4.77. The van der Waals surface area contributed by atoms with E-state index in [0.29, 0.717) is 6.04 Å². The molecule has 0 aromatic carbocycles. The van der Waals surface area contributed by atoms with Crippen molar-refractivity contribution in [1.82, 2.24) is 19.5 Å². The van der Waals surface area contributed by atoms with Crippen molar-refractivity contribution in [3.05, 3.63) is 6.33 Å². The molecule has 2 heterocycles. The van der Waals surface area contributed by atoms with Crippen molar-refractivity contribution < 1.29 is 0 Å². The first kappa shape index (κ1) is 14.1. The summed E-state index contributed by atoms with van der Waals surface area (Å²) in [7, 11) is 4.09. The molecule has 1 saturated carbocycles. The van der Waals surface area contributed by atoms with Gasteiger partial charge < -0.3 is 10.2 Å². The van der Waals surface area contributed by atoms with Crippen LogP contribution in [-0.2, 0) is 7.05 Å². The second-order valence-corrected chi connectivity index (χ2v) is 5.91. The zero-order valence-corrected chi connectivity index (χ0v) is 13.1. The molecule has 1 aliphatic rings. The van der Waals surface area contributed by atoms with Crippen LogP contribution in [0.4, 0.5) is 11.8 Å². The van der Waals surface area contributed by atoms with Gasteiger partial charge in [0.15, 0.2) is 17.0 Å². The standard InChI is InChI=1S/C15H24N6/c1-4-9-20(2)15-19-12-13(18-11-7-5-6-8-11)16-10-17-14(12)21(15)3/h10-11H,4-9H2,1-3H3,(H,16,17,18). The molecule has 2 aromatic rings. The third-order valence-electron chi connectivity index (χ3n) is 4.23. The summed E-state index contributed by atoms with van der Waals surface area (Å²) >= 11 is 0. The number of hydrogen-bond acceptors (Lipinski definition) is 5. The lowest BCUT2D eigenvalue weighted by molar-refractivity contribution is 0.751. The van der Waals surface area contributed by atoms with Crippen molar-refractivity contribution in [1.29, 1.82) is 0 Å². The molecular formula is C15H24N6. The van der Waals surface area contributed by atoms with Crippen molar-refractivity contribution in [2.75, 3.05) is 23.8 Å². The Kier molecular flexibility index (Phi) is 3.94. The Morgan fingerprint density at radius 1 is 1.33 bits per heavy atom. The molecule has 3 rings (SSSR count). The molecule has 1 aliphatic carbocycles. The molecule has 0 bridgehead atoms. The molecule has 0 amide bonds. The average molecular weight is 288 g/mol. The van der Waals surface area contributed by atoms with E-state index in [0.717, 1.165) is 35.9 Å². The van der Waals surface area contributed by atoms with Gasteiger partial charge in [0.25, 0.3) is 0 Å². The normalized spacial score (nSPS) is 15.8. The highest BCUT2D eigenvalue weighted by atomic mass is 15.3. The highest BCUT2D eigenvalue weighted by Crippen LogP contribution is 2.27. The number of hydrogen-bond donors (Lipinski definition) is 1. The maximum absolute atomic E-state index is 4.77. The number of nitrogens with zero attached hydrogens (tertiary/aromatic N) is 5. The number of nitrogens with one attached hydrogen (secondary N) is 1. The minimum atomic E-state index is 0.530. The van der Waals surface area contributed by atoms with Gasteiger partial charge in [0.05, 0.1) is 0 Å². The smallest absolute Gasteiger partial charge is 0.207 e. The molecule has 0 radical (unpaired) electrons. The van der Waals surface area contributed by atoms with Crippen LogP contribution in [0, 0.1) is 0 Å². The Bertz CT molecular complexity index is 614. The van der Waals surface area contributed by atoms with Crippen LogP contribution in [0.15, 0.2) is 6.33 Å². The average Bonchev–Trinajstić information content (AvgIpc) is 3.09. The summed E-state index contributed by atoms with van der Waals surface area (Å²) in [4.78, 5) is 15.8. The lowest BCUT2D eigenvalue weighted by atomic mass is 10.2. The molecule has 21 heavy (non-hydrogen) atoms. The van der Waals surface area contributed by atoms with Gasteiger partial charge in [-0.2, -0.15) is 0 Å². The zero-order chi connectivity index (χ0) is 14.8. The predicted octanol–water partition coefficient (Wildman–Crippen LogP) is 2.56. The van der Waals surface area contributed by atoms with Crippen LogP contribution in [-0.4, -0.2) is 39.2 Å². The topological polar surface area (TPSA) is 58.9 Å². The molecule has 0 unspecified atom stereocenters. The van der Waals surface area contributed by atoms with Crippen molar-refractivity contribution >= 4 is 22.9 Å². The van der Waals surface area contributed by atoms with Gasteiger partial charge in [-0.05, 0) is 19.3 Å². The molecule has 0 atom stereocenters. The molecule has 0 aliphatic heterocycles. The van der Waals surface area contributed by atoms with Gasteiger partial charge in [0, 0.05) is 26.7 Å². The highest BCUT2D eigenvalue weighted by Gasteiger charge is 2.20. The fraction of sp³-hybridized carbons (Fsp3) is 0.667. The van der Waals surface area contributed by atoms with Gasteiger partial charge in [-0.3, -0.25) is 4.57 Å². The van der Waals surface area contributed by atoms with E-state index in [4.69, 9.17) is 4.98 Å². The molecule has 1 fully saturated rings. The van der Waals surface area contributed by atoms with E-state index >= 15 is 0 Å². The first-order valence-electron chi connectivity index (χ1n) is 7.85.